The summed E-state index contributed by atoms with van der Waals surface area (Å²) in [5.74, 6) is -1.12. The number of aliphatic hydroxyl groups excluding tert-OH is 1. The van der Waals surface area contributed by atoms with E-state index in [4.69, 9.17) is 10.8 Å². The van der Waals surface area contributed by atoms with E-state index >= 15 is 0 Å². The van der Waals surface area contributed by atoms with Crippen LogP contribution in [0.5, 0.6) is 0 Å². The number of aliphatic carboxylic acids is 1. The molecule has 0 aliphatic heterocycles. The Balaban J connectivity index is 1.85. The van der Waals surface area contributed by atoms with Crippen molar-refractivity contribution in [1.29, 1.82) is 0 Å². The van der Waals surface area contributed by atoms with E-state index in [1.807, 2.05) is 55.5 Å². The van der Waals surface area contributed by atoms with Crippen LogP contribution in [0.15, 0.2) is 48.5 Å². The van der Waals surface area contributed by atoms with E-state index in [2.05, 4.69) is 10.0 Å². The maximum atomic E-state index is 12.0. The molecule has 0 aliphatic carbocycles. The minimum Gasteiger partial charge on any atom is -0.480 e. The number of sulfonamides is 1. The number of carboxylic acids is 1. The highest BCUT2D eigenvalue weighted by molar-refractivity contribution is 7.90. The molecule has 0 bridgehead atoms. The van der Waals surface area contributed by atoms with E-state index in [0.29, 0.717) is 19.5 Å². The van der Waals surface area contributed by atoms with E-state index in [1.165, 1.54) is 0 Å². The molecule has 2 atom stereocenters. The Kier molecular flexibility index (Phi) is 10.1. The molecular weight excluding hydrogens is 454 g/mol. The van der Waals surface area contributed by atoms with Crippen LogP contribution in [0.2, 0.25) is 0 Å². The molecule has 0 amide bonds. The number of rotatable bonds is 14. The molecule has 0 aliphatic rings. The van der Waals surface area contributed by atoms with Crippen LogP contribution >= 0.6 is 0 Å². The van der Waals surface area contributed by atoms with Gasteiger partial charge in [-0.3, -0.25) is 4.79 Å². The summed E-state index contributed by atoms with van der Waals surface area (Å²) < 4.78 is 26.6. The van der Waals surface area contributed by atoms with Crippen LogP contribution in [-0.4, -0.2) is 55.1 Å². The average molecular weight is 492 g/mol. The molecule has 188 valence electrons. The Hall–Kier alpha value is -2.46. The van der Waals surface area contributed by atoms with Gasteiger partial charge in [-0.2, -0.15) is 0 Å². The number of unbranched alkanes of at least 4 members (excludes halogenated alkanes) is 1. The van der Waals surface area contributed by atoms with Crippen molar-refractivity contribution in [2.45, 2.75) is 56.7 Å². The molecule has 0 radical (unpaired) electrons. The van der Waals surface area contributed by atoms with Crippen molar-refractivity contribution in [1.82, 2.24) is 4.72 Å². The highest BCUT2D eigenvalue weighted by atomic mass is 32.2. The van der Waals surface area contributed by atoms with Crippen molar-refractivity contribution in [3.8, 4) is 11.1 Å². The Bertz CT molecular complexity index is 1020. The van der Waals surface area contributed by atoms with Crippen LogP contribution < -0.4 is 15.8 Å². The number of nitrogens with one attached hydrogen (secondary N) is 2. The van der Waals surface area contributed by atoms with Gasteiger partial charge in [-0.1, -0.05) is 43.3 Å². The van der Waals surface area contributed by atoms with Gasteiger partial charge in [-0.05, 0) is 67.9 Å². The Morgan fingerprint density at radius 2 is 1.56 bits per heavy atom. The lowest BCUT2D eigenvalue weighted by atomic mass is 9.95. The maximum absolute atomic E-state index is 12.0. The molecule has 2 unspecified atom stereocenters. The van der Waals surface area contributed by atoms with Crippen LogP contribution in [0.4, 0.5) is 5.69 Å². The number of anilines is 1. The lowest BCUT2D eigenvalue weighted by Gasteiger charge is -2.21. The molecule has 2 aromatic rings. The fraction of sp³-hybridized carbons (Fsp3) is 0.480. The fourth-order valence-electron chi connectivity index (χ4n) is 3.36. The number of carbonyl (C=O) groups is 1. The highest BCUT2D eigenvalue weighted by Gasteiger charge is 2.32. The number of hydrogen-bond donors (Lipinski definition) is 5. The summed E-state index contributed by atoms with van der Waals surface area (Å²) in [6, 6.07) is 16.2. The standard InChI is InChI=1S/C25H37N3O5S/c1-18(2)34(32,33)28-16-19(3)20-6-8-21(9-7-20)22-10-12-23(13-11-22)27-15-5-4-14-25(26,17-29)24(30)31/h6-13,18-19,27-29H,4-5,14-17,26H2,1-3H3,(H,30,31). The molecule has 0 saturated heterocycles. The normalized spacial score (nSPS) is 14.5. The Morgan fingerprint density at radius 3 is 2.06 bits per heavy atom. The molecule has 2 rings (SSSR count). The van der Waals surface area contributed by atoms with Crippen LogP contribution in [0.3, 0.4) is 0 Å². The first kappa shape index (κ1) is 27.8. The van der Waals surface area contributed by atoms with Gasteiger partial charge in [-0.25, -0.2) is 13.1 Å². The van der Waals surface area contributed by atoms with E-state index in [9.17, 15) is 18.3 Å². The molecule has 9 heteroatoms. The van der Waals surface area contributed by atoms with Crippen LogP contribution in [0.25, 0.3) is 11.1 Å². The molecular formula is C25H37N3O5S. The van der Waals surface area contributed by atoms with Crippen molar-refractivity contribution in [3.63, 3.8) is 0 Å². The first-order valence-electron chi connectivity index (χ1n) is 11.5. The third-order valence-electron chi connectivity index (χ3n) is 6.00. The molecule has 0 aromatic heterocycles. The summed E-state index contributed by atoms with van der Waals surface area (Å²) in [7, 11) is -3.27. The summed E-state index contributed by atoms with van der Waals surface area (Å²) in [6.45, 7) is 5.78. The van der Waals surface area contributed by atoms with Gasteiger partial charge in [0.15, 0.2) is 0 Å². The third-order valence-corrected chi connectivity index (χ3v) is 7.81. The Labute approximate surface area is 202 Å². The summed E-state index contributed by atoms with van der Waals surface area (Å²) in [5.41, 5.74) is 8.28. The molecule has 0 saturated carbocycles. The van der Waals surface area contributed by atoms with Crippen LogP contribution in [-0.2, 0) is 14.8 Å². The van der Waals surface area contributed by atoms with E-state index < -0.39 is 33.4 Å². The lowest BCUT2D eigenvalue weighted by molar-refractivity contribution is -0.145. The largest absolute Gasteiger partial charge is 0.480 e. The maximum Gasteiger partial charge on any atom is 0.326 e. The summed E-state index contributed by atoms with van der Waals surface area (Å²) in [6.07, 6.45) is 1.55. The van der Waals surface area contributed by atoms with Crippen molar-refractivity contribution < 1.29 is 23.4 Å². The van der Waals surface area contributed by atoms with Crippen molar-refractivity contribution in [2.75, 3.05) is 25.0 Å². The lowest BCUT2D eigenvalue weighted by Crippen LogP contribution is -2.51. The highest BCUT2D eigenvalue weighted by Crippen LogP contribution is 2.24. The molecule has 0 heterocycles. The quantitative estimate of drug-likeness (QED) is 0.256. The van der Waals surface area contributed by atoms with E-state index in [0.717, 1.165) is 28.8 Å². The zero-order chi connectivity index (χ0) is 25.4. The second-order valence-corrected chi connectivity index (χ2v) is 11.4. The van der Waals surface area contributed by atoms with E-state index in [1.54, 1.807) is 13.8 Å². The SMILES string of the molecule is CC(CNS(=O)(=O)C(C)C)c1ccc(-c2ccc(NCCCCC(N)(CO)C(=O)O)cc2)cc1. The van der Waals surface area contributed by atoms with Gasteiger partial charge in [0.1, 0.15) is 5.54 Å². The van der Waals surface area contributed by atoms with Crippen LogP contribution in [0.1, 0.15) is 51.5 Å². The molecule has 0 fully saturated rings. The molecule has 8 nitrogen and oxygen atoms in total. The first-order valence-corrected chi connectivity index (χ1v) is 13.1. The van der Waals surface area contributed by atoms with Gasteiger partial charge < -0.3 is 21.3 Å². The van der Waals surface area contributed by atoms with Crippen molar-refractivity contribution in [3.05, 3.63) is 54.1 Å². The van der Waals surface area contributed by atoms with Gasteiger partial charge in [-0.15, -0.1) is 0 Å². The van der Waals surface area contributed by atoms with Crippen LogP contribution in [0, 0.1) is 0 Å². The monoisotopic (exact) mass is 491 g/mol. The number of nitrogens with two attached hydrogens (primary N) is 1. The number of hydrogen-bond acceptors (Lipinski definition) is 6. The number of aliphatic hydroxyl groups is 1. The van der Waals surface area contributed by atoms with Gasteiger partial charge >= 0.3 is 5.97 Å². The second kappa shape index (κ2) is 12.3. The predicted octanol–water partition coefficient (Wildman–Crippen LogP) is 3.14. The number of carboxylic acid groups (broad SMARTS) is 1. The molecule has 0 spiro atoms. The van der Waals surface area contributed by atoms with Gasteiger partial charge in [0.25, 0.3) is 0 Å². The topological polar surface area (TPSA) is 142 Å². The number of benzene rings is 2. The van der Waals surface area contributed by atoms with Gasteiger partial charge in [0.2, 0.25) is 10.0 Å². The zero-order valence-corrected chi connectivity index (χ0v) is 20.9. The first-order chi connectivity index (χ1) is 16.0. The van der Waals surface area contributed by atoms with Crippen molar-refractivity contribution >= 4 is 21.7 Å². The van der Waals surface area contributed by atoms with Crippen molar-refractivity contribution in [2.24, 2.45) is 5.73 Å². The molecule has 6 N–H and O–H groups in total. The van der Waals surface area contributed by atoms with E-state index in [-0.39, 0.29) is 12.3 Å². The minimum atomic E-state index is -3.27. The molecule has 2 aromatic carbocycles. The Morgan fingerprint density at radius 1 is 1.00 bits per heavy atom. The second-order valence-electron chi connectivity index (χ2n) is 9.05. The predicted molar refractivity (Wildman–Crippen MR) is 136 cm³/mol. The van der Waals surface area contributed by atoms with Gasteiger partial charge in [0.05, 0.1) is 11.9 Å². The average Bonchev–Trinajstić information content (AvgIpc) is 2.82. The summed E-state index contributed by atoms with van der Waals surface area (Å²) in [5, 5.41) is 21.1. The smallest absolute Gasteiger partial charge is 0.326 e. The minimum absolute atomic E-state index is 0.0615. The van der Waals surface area contributed by atoms with Gasteiger partial charge in [0, 0.05) is 18.8 Å². The molecule has 34 heavy (non-hydrogen) atoms. The third kappa shape index (κ3) is 7.80. The summed E-state index contributed by atoms with van der Waals surface area (Å²) >= 11 is 0. The zero-order valence-electron chi connectivity index (χ0n) is 20.1. The summed E-state index contributed by atoms with van der Waals surface area (Å²) in [4.78, 5) is 11.1. The fourth-order valence-corrected chi connectivity index (χ4v) is 4.18.